The molecule has 0 aliphatic rings. The van der Waals surface area contributed by atoms with E-state index in [1.165, 1.54) is 12.1 Å². The van der Waals surface area contributed by atoms with Gasteiger partial charge in [0.1, 0.15) is 5.75 Å². The van der Waals surface area contributed by atoms with Crippen molar-refractivity contribution in [1.29, 1.82) is 0 Å². The van der Waals surface area contributed by atoms with Crippen LogP contribution >= 0.6 is 34.2 Å². The number of aldehydes is 1. The topological polar surface area (TPSA) is 43.4 Å². The normalized spacial score (nSPS) is 10.0. The zero-order valence-electron chi connectivity index (χ0n) is 9.60. The first-order chi connectivity index (χ1) is 9.11. The van der Waals surface area contributed by atoms with Crippen molar-refractivity contribution < 1.29 is 14.3 Å². The molecule has 96 valence electrons. The fraction of sp³-hybridized carbons (Fsp3) is 0. The summed E-state index contributed by atoms with van der Waals surface area (Å²) in [4.78, 5) is 22.9. The molecule has 0 atom stereocenters. The first kappa shape index (κ1) is 14.0. The Bertz CT molecular complexity index is 640. The fourth-order valence-electron chi connectivity index (χ4n) is 1.49. The zero-order valence-corrected chi connectivity index (χ0v) is 12.5. The molecular weight excluding hydrogens is 379 g/mol. The first-order valence-electron chi connectivity index (χ1n) is 5.33. The Morgan fingerprint density at radius 1 is 1.21 bits per heavy atom. The van der Waals surface area contributed by atoms with E-state index in [2.05, 4.69) is 22.6 Å². The molecule has 0 heterocycles. The van der Waals surface area contributed by atoms with Crippen molar-refractivity contribution in [1.82, 2.24) is 0 Å². The van der Waals surface area contributed by atoms with Crippen molar-refractivity contribution in [2.45, 2.75) is 0 Å². The highest BCUT2D eigenvalue weighted by Gasteiger charge is 2.14. The molecule has 5 heteroatoms. The second-order valence-corrected chi connectivity index (χ2v) is 5.27. The Balaban J connectivity index is 2.29. The minimum atomic E-state index is -0.504. The monoisotopic (exact) mass is 386 g/mol. The van der Waals surface area contributed by atoms with Crippen LogP contribution in [0.1, 0.15) is 20.7 Å². The molecule has 0 fully saturated rings. The Morgan fingerprint density at radius 2 is 1.95 bits per heavy atom. The molecule has 0 aliphatic heterocycles. The summed E-state index contributed by atoms with van der Waals surface area (Å²) in [5.74, 6) is -0.306. The molecule has 0 saturated carbocycles. The van der Waals surface area contributed by atoms with Crippen LogP contribution in [0.3, 0.4) is 0 Å². The summed E-state index contributed by atoms with van der Waals surface area (Å²) < 4.78 is 6.01. The van der Waals surface area contributed by atoms with Gasteiger partial charge in [0.05, 0.1) is 11.1 Å². The van der Waals surface area contributed by atoms with E-state index in [0.29, 0.717) is 16.9 Å². The van der Waals surface area contributed by atoms with E-state index in [4.69, 9.17) is 16.3 Å². The van der Waals surface area contributed by atoms with Gasteiger partial charge in [-0.25, -0.2) is 4.79 Å². The van der Waals surface area contributed by atoms with Crippen molar-refractivity contribution in [2.75, 3.05) is 0 Å². The number of esters is 1. The molecule has 0 aliphatic carbocycles. The van der Waals surface area contributed by atoms with Crippen LogP contribution in [0.2, 0.25) is 5.02 Å². The van der Waals surface area contributed by atoms with Crippen molar-refractivity contribution in [2.24, 2.45) is 0 Å². The maximum absolute atomic E-state index is 12.0. The van der Waals surface area contributed by atoms with Crippen molar-refractivity contribution in [3.63, 3.8) is 0 Å². The van der Waals surface area contributed by atoms with Gasteiger partial charge in [-0.2, -0.15) is 0 Å². The van der Waals surface area contributed by atoms with Crippen molar-refractivity contribution in [3.8, 4) is 5.75 Å². The predicted octanol–water partition coefficient (Wildman–Crippen LogP) is 3.98. The molecule has 0 unspecified atom stereocenters. The SMILES string of the molecule is O=Cc1cc(Cl)ccc1OC(=O)c1ccccc1I. The molecule has 0 saturated heterocycles. The third-order valence-corrected chi connectivity index (χ3v) is 3.57. The van der Waals surface area contributed by atoms with Gasteiger partial charge in [-0.05, 0) is 52.9 Å². The summed E-state index contributed by atoms with van der Waals surface area (Å²) in [7, 11) is 0. The number of carbonyl (C=O) groups is 2. The van der Waals surface area contributed by atoms with Crippen LogP contribution in [0.25, 0.3) is 0 Å². The Kier molecular flexibility index (Phi) is 4.55. The van der Waals surface area contributed by atoms with E-state index in [-0.39, 0.29) is 11.3 Å². The van der Waals surface area contributed by atoms with E-state index in [9.17, 15) is 9.59 Å². The van der Waals surface area contributed by atoms with Crippen LogP contribution in [0.5, 0.6) is 5.75 Å². The van der Waals surface area contributed by atoms with Gasteiger partial charge in [-0.3, -0.25) is 4.79 Å². The largest absolute Gasteiger partial charge is 0.422 e. The molecule has 3 nitrogen and oxygen atoms in total. The second kappa shape index (κ2) is 6.16. The lowest BCUT2D eigenvalue weighted by atomic mass is 10.2. The summed E-state index contributed by atoms with van der Waals surface area (Å²) in [5.41, 5.74) is 0.696. The summed E-state index contributed by atoms with van der Waals surface area (Å²) in [6.07, 6.45) is 0.602. The van der Waals surface area contributed by atoms with Crippen LogP contribution in [-0.4, -0.2) is 12.3 Å². The fourth-order valence-corrected chi connectivity index (χ4v) is 2.27. The van der Waals surface area contributed by atoms with E-state index in [1.807, 2.05) is 6.07 Å². The van der Waals surface area contributed by atoms with Crippen LogP contribution in [0.4, 0.5) is 0 Å². The summed E-state index contributed by atoms with van der Waals surface area (Å²) in [6.45, 7) is 0. The molecule has 2 rings (SSSR count). The van der Waals surface area contributed by atoms with Crippen LogP contribution < -0.4 is 4.74 Å². The molecule has 0 aromatic heterocycles. The van der Waals surface area contributed by atoms with E-state index in [1.54, 1.807) is 24.3 Å². The van der Waals surface area contributed by atoms with Crippen LogP contribution in [0.15, 0.2) is 42.5 Å². The molecule has 0 N–H and O–H groups in total. The molecule has 0 radical (unpaired) electrons. The minimum absolute atomic E-state index is 0.198. The predicted molar refractivity (Wildman–Crippen MR) is 81.0 cm³/mol. The molecule has 2 aromatic carbocycles. The van der Waals surface area contributed by atoms with Gasteiger partial charge in [0.15, 0.2) is 6.29 Å². The van der Waals surface area contributed by atoms with E-state index in [0.717, 1.165) is 3.57 Å². The van der Waals surface area contributed by atoms with Crippen molar-refractivity contribution in [3.05, 3.63) is 62.2 Å². The number of benzene rings is 2. The van der Waals surface area contributed by atoms with Gasteiger partial charge in [-0.1, -0.05) is 23.7 Å². The smallest absolute Gasteiger partial charge is 0.344 e. The molecule has 0 spiro atoms. The molecule has 0 bridgehead atoms. The highest BCUT2D eigenvalue weighted by Crippen LogP contribution is 2.23. The lowest BCUT2D eigenvalue weighted by Gasteiger charge is -2.08. The maximum atomic E-state index is 12.0. The lowest BCUT2D eigenvalue weighted by molar-refractivity contribution is 0.0732. The number of rotatable bonds is 3. The minimum Gasteiger partial charge on any atom is -0.422 e. The quantitative estimate of drug-likeness (QED) is 0.347. The molecular formula is C14H8ClIO3. The number of ether oxygens (including phenoxy) is 1. The van der Waals surface area contributed by atoms with Gasteiger partial charge in [-0.15, -0.1) is 0 Å². The van der Waals surface area contributed by atoms with Gasteiger partial charge in [0, 0.05) is 8.59 Å². The maximum Gasteiger partial charge on any atom is 0.344 e. The number of halogens is 2. The highest BCUT2D eigenvalue weighted by atomic mass is 127. The van der Waals surface area contributed by atoms with Gasteiger partial charge < -0.3 is 4.74 Å². The average molecular weight is 387 g/mol. The Labute approximate surface area is 128 Å². The molecule has 0 amide bonds. The summed E-state index contributed by atoms with van der Waals surface area (Å²) in [6, 6.07) is 11.6. The summed E-state index contributed by atoms with van der Waals surface area (Å²) in [5, 5.41) is 0.413. The van der Waals surface area contributed by atoms with Gasteiger partial charge in [0.2, 0.25) is 0 Å². The number of carbonyl (C=O) groups excluding carboxylic acids is 2. The van der Waals surface area contributed by atoms with Crippen LogP contribution in [0, 0.1) is 3.57 Å². The van der Waals surface area contributed by atoms with Gasteiger partial charge in [0.25, 0.3) is 0 Å². The average Bonchev–Trinajstić information content (AvgIpc) is 2.41. The van der Waals surface area contributed by atoms with E-state index < -0.39 is 5.97 Å². The first-order valence-corrected chi connectivity index (χ1v) is 6.79. The van der Waals surface area contributed by atoms with Crippen molar-refractivity contribution >= 4 is 46.4 Å². The standard InChI is InChI=1S/C14H8ClIO3/c15-10-5-6-13(9(7-10)8-17)19-14(18)11-3-1-2-4-12(11)16/h1-8H. The summed E-state index contributed by atoms with van der Waals surface area (Å²) >= 11 is 7.82. The van der Waals surface area contributed by atoms with Crippen LogP contribution in [-0.2, 0) is 0 Å². The third kappa shape index (κ3) is 3.33. The van der Waals surface area contributed by atoms with Gasteiger partial charge >= 0.3 is 5.97 Å². The zero-order chi connectivity index (χ0) is 13.8. The molecule has 19 heavy (non-hydrogen) atoms. The Hall–Kier alpha value is -1.40. The van der Waals surface area contributed by atoms with E-state index >= 15 is 0 Å². The Morgan fingerprint density at radius 3 is 2.63 bits per heavy atom. The number of hydrogen-bond acceptors (Lipinski definition) is 3. The highest BCUT2D eigenvalue weighted by molar-refractivity contribution is 14.1. The third-order valence-electron chi connectivity index (χ3n) is 2.40. The number of hydrogen-bond donors (Lipinski definition) is 0. The lowest BCUT2D eigenvalue weighted by Crippen LogP contribution is -2.11. The second-order valence-electron chi connectivity index (χ2n) is 3.67. The molecule has 2 aromatic rings.